The van der Waals surface area contributed by atoms with E-state index in [1.54, 1.807) is 24.3 Å². The van der Waals surface area contributed by atoms with Crippen LogP contribution < -0.4 is 10.1 Å². The van der Waals surface area contributed by atoms with Gasteiger partial charge in [0.05, 0.1) is 3.42 Å². The van der Waals surface area contributed by atoms with Gasteiger partial charge in [-0.1, -0.05) is 40.8 Å². The molecule has 0 bridgehead atoms. The molecule has 2 fully saturated rings. The summed E-state index contributed by atoms with van der Waals surface area (Å²) in [6.45, 7) is 1.62. The van der Waals surface area contributed by atoms with Gasteiger partial charge in [-0.3, -0.25) is 9.59 Å². The number of carbonyl (C=O) groups is 3. The fourth-order valence-electron chi connectivity index (χ4n) is 2.94. The summed E-state index contributed by atoms with van der Waals surface area (Å²) in [5.74, 6) is -0.630. The van der Waals surface area contributed by atoms with Crippen LogP contribution in [0.3, 0.4) is 0 Å². The lowest BCUT2D eigenvalue weighted by Gasteiger charge is -2.56. The highest BCUT2D eigenvalue weighted by Crippen LogP contribution is 2.45. The molecule has 25 heavy (non-hydrogen) atoms. The SMILES string of the molecule is CC1(I)CS[C@@H]2C(NC(=O)COc3ccccc3)C(=O)N2C1C(=O)O. The number of ether oxygens (including phenoxy) is 1. The van der Waals surface area contributed by atoms with Crippen molar-refractivity contribution in [1.82, 2.24) is 10.2 Å². The van der Waals surface area contributed by atoms with Crippen molar-refractivity contribution in [2.75, 3.05) is 12.4 Å². The van der Waals surface area contributed by atoms with E-state index < -0.39 is 27.4 Å². The summed E-state index contributed by atoms with van der Waals surface area (Å²) < 4.78 is 4.81. The fraction of sp³-hybridized carbons (Fsp3) is 0.438. The van der Waals surface area contributed by atoms with Gasteiger partial charge >= 0.3 is 5.97 Å². The first kappa shape index (κ1) is 18.3. The molecule has 0 spiro atoms. The van der Waals surface area contributed by atoms with Gasteiger partial charge in [0.25, 0.3) is 5.91 Å². The second-order valence-corrected chi connectivity index (χ2v) is 9.68. The van der Waals surface area contributed by atoms with Gasteiger partial charge < -0.3 is 20.1 Å². The van der Waals surface area contributed by atoms with Crippen molar-refractivity contribution >= 4 is 52.1 Å². The van der Waals surface area contributed by atoms with Gasteiger partial charge in [-0.2, -0.15) is 0 Å². The van der Waals surface area contributed by atoms with E-state index in [4.69, 9.17) is 4.74 Å². The number of carboxylic acid groups (broad SMARTS) is 1. The molecule has 3 unspecified atom stereocenters. The van der Waals surface area contributed by atoms with Crippen molar-refractivity contribution < 1.29 is 24.2 Å². The number of aliphatic carboxylic acids is 1. The van der Waals surface area contributed by atoms with Crippen LogP contribution in [0.5, 0.6) is 5.75 Å². The number of halogens is 1. The standard InChI is InChI=1S/C16H17IN2O5S/c1-16(17)8-25-14-11(13(21)19(14)12(16)15(22)23)18-10(20)7-24-9-5-3-2-4-6-9/h2-6,11-12,14H,7-8H2,1H3,(H,18,20)(H,22,23)/t11?,12?,14-,16?/m1/s1. The van der Waals surface area contributed by atoms with E-state index >= 15 is 0 Å². The number of rotatable bonds is 5. The number of thioether (sulfide) groups is 1. The Hall–Kier alpha value is -1.49. The van der Waals surface area contributed by atoms with Crippen LogP contribution in [-0.4, -0.2) is 61.0 Å². The molecule has 2 heterocycles. The minimum absolute atomic E-state index is 0.197. The average Bonchev–Trinajstić information content (AvgIpc) is 2.57. The molecule has 1 aromatic rings. The first-order chi connectivity index (χ1) is 11.8. The van der Waals surface area contributed by atoms with Crippen molar-refractivity contribution in [3.63, 3.8) is 0 Å². The van der Waals surface area contributed by atoms with Crippen LogP contribution in [0.4, 0.5) is 0 Å². The molecule has 2 amide bonds. The Bertz CT molecular complexity index is 699. The maximum absolute atomic E-state index is 12.4. The van der Waals surface area contributed by atoms with E-state index in [1.165, 1.54) is 16.7 Å². The van der Waals surface area contributed by atoms with Crippen LogP contribution in [0.1, 0.15) is 6.92 Å². The van der Waals surface area contributed by atoms with Gasteiger partial charge in [0.1, 0.15) is 23.2 Å². The number of nitrogens with one attached hydrogen (secondary N) is 1. The van der Waals surface area contributed by atoms with Crippen molar-refractivity contribution in [2.45, 2.75) is 27.8 Å². The van der Waals surface area contributed by atoms with E-state index in [0.717, 1.165) is 0 Å². The van der Waals surface area contributed by atoms with Crippen LogP contribution in [-0.2, 0) is 14.4 Å². The first-order valence-corrected chi connectivity index (χ1v) is 9.77. The molecule has 134 valence electrons. The topological polar surface area (TPSA) is 95.9 Å². The zero-order valence-electron chi connectivity index (χ0n) is 13.3. The number of hydrogen-bond acceptors (Lipinski definition) is 5. The number of β-lactam (4-membered cyclic amide) rings is 1. The molecule has 2 aliphatic rings. The molecule has 4 atom stereocenters. The zero-order chi connectivity index (χ0) is 18.2. The van der Waals surface area contributed by atoms with E-state index in [0.29, 0.717) is 11.5 Å². The Balaban J connectivity index is 1.59. The van der Waals surface area contributed by atoms with Gasteiger partial charge in [0.2, 0.25) is 5.91 Å². The summed E-state index contributed by atoms with van der Waals surface area (Å²) in [5.41, 5.74) is 0. The van der Waals surface area contributed by atoms with E-state index in [-0.39, 0.29) is 17.9 Å². The van der Waals surface area contributed by atoms with Crippen LogP contribution in [0.25, 0.3) is 0 Å². The highest BCUT2D eigenvalue weighted by molar-refractivity contribution is 14.1. The van der Waals surface area contributed by atoms with Crippen molar-refractivity contribution in [3.8, 4) is 5.75 Å². The van der Waals surface area contributed by atoms with Gasteiger partial charge in [-0.25, -0.2) is 4.79 Å². The lowest BCUT2D eigenvalue weighted by Crippen LogP contribution is -2.78. The first-order valence-electron chi connectivity index (χ1n) is 7.64. The van der Waals surface area contributed by atoms with E-state index in [1.807, 2.05) is 13.0 Å². The molecule has 2 aliphatic heterocycles. The molecule has 7 nitrogen and oxygen atoms in total. The molecule has 3 rings (SSSR count). The van der Waals surface area contributed by atoms with Gasteiger partial charge in [0, 0.05) is 5.75 Å². The maximum Gasteiger partial charge on any atom is 0.327 e. The molecule has 0 saturated carbocycles. The Morgan fingerprint density at radius 1 is 1.44 bits per heavy atom. The van der Waals surface area contributed by atoms with Crippen molar-refractivity contribution in [1.29, 1.82) is 0 Å². The molecular formula is C16H17IN2O5S. The smallest absolute Gasteiger partial charge is 0.327 e. The summed E-state index contributed by atoms with van der Waals surface area (Å²) >= 11 is 3.57. The van der Waals surface area contributed by atoms with Crippen LogP contribution in [0.2, 0.25) is 0 Å². The van der Waals surface area contributed by atoms with Crippen LogP contribution in [0, 0.1) is 0 Å². The largest absolute Gasteiger partial charge is 0.484 e. The number of alkyl halides is 1. The monoisotopic (exact) mass is 476 g/mol. The normalized spacial score (nSPS) is 30.9. The third-order valence-corrected chi connectivity index (χ3v) is 7.22. The minimum atomic E-state index is -1.02. The third kappa shape index (κ3) is 3.57. The quantitative estimate of drug-likeness (QED) is 0.376. The summed E-state index contributed by atoms with van der Waals surface area (Å²) in [6, 6.07) is 7.32. The molecule has 2 saturated heterocycles. The molecule has 0 aromatic heterocycles. The van der Waals surface area contributed by atoms with E-state index in [9.17, 15) is 19.5 Å². The number of benzene rings is 1. The van der Waals surface area contributed by atoms with E-state index in [2.05, 4.69) is 27.9 Å². The lowest BCUT2D eigenvalue weighted by molar-refractivity contribution is -0.163. The third-order valence-electron chi connectivity index (χ3n) is 4.13. The number of amides is 2. The number of fused-ring (bicyclic) bond motifs is 1. The number of nitrogens with zero attached hydrogens (tertiary/aromatic N) is 1. The Morgan fingerprint density at radius 2 is 2.12 bits per heavy atom. The fourth-order valence-corrected chi connectivity index (χ4v) is 5.47. The summed E-state index contributed by atoms with van der Waals surface area (Å²) in [7, 11) is 0. The second-order valence-electron chi connectivity index (χ2n) is 6.11. The Kier molecular flexibility index (Phi) is 5.14. The van der Waals surface area contributed by atoms with Gasteiger partial charge in [-0.15, -0.1) is 11.8 Å². The van der Waals surface area contributed by atoms with Gasteiger partial charge in [0.15, 0.2) is 6.61 Å². The van der Waals surface area contributed by atoms with Crippen LogP contribution in [0.15, 0.2) is 30.3 Å². The van der Waals surface area contributed by atoms with Crippen LogP contribution >= 0.6 is 34.4 Å². The molecule has 0 aliphatic carbocycles. The highest BCUT2D eigenvalue weighted by Gasteiger charge is 2.60. The Morgan fingerprint density at radius 3 is 2.76 bits per heavy atom. The second kappa shape index (κ2) is 7.02. The predicted octanol–water partition coefficient (Wildman–Crippen LogP) is 1.11. The highest BCUT2D eigenvalue weighted by atomic mass is 127. The summed E-state index contributed by atoms with van der Waals surface area (Å²) in [6.07, 6.45) is 0. The lowest BCUT2D eigenvalue weighted by atomic mass is 9.95. The van der Waals surface area contributed by atoms with Gasteiger partial charge in [-0.05, 0) is 19.1 Å². The average molecular weight is 476 g/mol. The van der Waals surface area contributed by atoms with Crippen molar-refractivity contribution in [2.24, 2.45) is 0 Å². The molecule has 1 aromatic carbocycles. The summed E-state index contributed by atoms with van der Waals surface area (Å²) in [4.78, 5) is 37.4. The molecule has 0 radical (unpaired) electrons. The number of carbonyl (C=O) groups excluding carboxylic acids is 2. The minimum Gasteiger partial charge on any atom is -0.484 e. The Labute approximate surface area is 162 Å². The molecule has 2 N–H and O–H groups in total. The number of hydrogen-bond donors (Lipinski definition) is 2. The zero-order valence-corrected chi connectivity index (χ0v) is 16.3. The van der Waals surface area contributed by atoms with Crippen molar-refractivity contribution in [3.05, 3.63) is 30.3 Å². The number of carboxylic acids is 1. The summed E-state index contributed by atoms with van der Waals surface area (Å²) in [5, 5.41) is 11.8. The molecule has 9 heteroatoms. The molecular weight excluding hydrogens is 459 g/mol. The maximum atomic E-state index is 12.4. The number of para-hydroxylation sites is 1. The predicted molar refractivity (Wildman–Crippen MR) is 101 cm³/mol.